The minimum Gasteiger partial charge on any atom is -0.496 e. The number of hydrogen-bond acceptors (Lipinski definition) is 4. The van der Waals surface area contributed by atoms with E-state index in [0.717, 1.165) is 90.0 Å². The second-order valence-electron chi connectivity index (χ2n) is 20.7. The summed E-state index contributed by atoms with van der Waals surface area (Å²) in [4.78, 5) is 13.1. The summed E-state index contributed by atoms with van der Waals surface area (Å²) in [5.74, 6) is 0.767. The Morgan fingerprint density at radius 2 is 0.958 bits per heavy atom. The summed E-state index contributed by atoms with van der Waals surface area (Å²) in [7, 11) is 1.73. The number of fused-ring (bicyclic) bond motifs is 3. The third-order valence-corrected chi connectivity index (χ3v) is 13.8. The molecule has 11 rings (SSSR count). The second-order valence-corrected chi connectivity index (χ2v) is 20.7. The van der Waals surface area contributed by atoms with E-state index < -0.39 is 0 Å². The topological polar surface area (TPSA) is 43.2 Å². The van der Waals surface area contributed by atoms with Crippen LogP contribution in [0.1, 0.15) is 52.7 Å². The molecule has 11 aromatic rings. The van der Waals surface area contributed by atoms with E-state index in [-0.39, 0.29) is 10.8 Å². The molecule has 0 aliphatic carbocycles. The van der Waals surface area contributed by atoms with Gasteiger partial charge < -0.3 is 14.2 Å². The minimum atomic E-state index is -0.0654. The number of pyridine rings is 2. The maximum Gasteiger partial charge on any atom is 0.128 e. The first-order valence-corrected chi connectivity index (χ1v) is 24.8. The Balaban J connectivity index is 1.17. The van der Waals surface area contributed by atoms with Gasteiger partial charge in [0.15, 0.2) is 0 Å². The first kappa shape index (κ1) is 45.9. The number of para-hydroxylation sites is 6. The van der Waals surface area contributed by atoms with Crippen molar-refractivity contribution in [3.63, 3.8) is 0 Å². The fraction of sp³-hybridized carbons (Fsp3) is 0.134. The van der Waals surface area contributed by atoms with E-state index in [1.807, 2.05) is 18.3 Å². The molecular weight excluding hydrogens is 877 g/mol. The van der Waals surface area contributed by atoms with Crippen LogP contribution in [0.5, 0.6) is 5.75 Å². The average Bonchev–Trinajstić information content (AvgIpc) is 3.76. The Labute approximate surface area is 423 Å². The largest absolute Gasteiger partial charge is 0.496 e. The van der Waals surface area contributed by atoms with Crippen LogP contribution >= 0.6 is 0 Å². The molecule has 0 saturated carbocycles. The normalized spacial score (nSPS) is 11.8. The number of methoxy groups -OCH3 is 1. The number of aromatic nitrogens is 3. The average molecular weight is 935 g/mol. The van der Waals surface area contributed by atoms with Gasteiger partial charge in [0.2, 0.25) is 0 Å². The molecule has 0 radical (unpaired) electrons. The van der Waals surface area contributed by atoms with Gasteiger partial charge in [0.05, 0.1) is 35.2 Å². The van der Waals surface area contributed by atoms with Crippen LogP contribution < -0.4 is 9.64 Å². The van der Waals surface area contributed by atoms with E-state index in [0.29, 0.717) is 0 Å². The summed E-state index contributed by atoms with van der Waals surface area (Å²) in [6.07, 6.45) is 1.95. The molecule has 8 aromatic carbocycles. The van der Waals surface area contributed by atoms with Gasteiger partial charge in [-0.2, -0.15) is 0 Å². The molecule has 0 bridgehead atoms. The summed E-state index contributed by atoms with van der Waals surface area (Å²) in [5, 5.41) is 2.42. The van der Waals surface area contributed by atoms with Crippen molar-refractivity contribution in [1.29, 1.82) is 0 Å². The lowest BCUT2D eigenvalue weighted by Crippen LogP contribution is -2.16. The van der Waals surface area contributed by atoms with Crippen molar-refractivity contribution in [1.82, 2.24) is 14.5 Å². The zero-order valence-corrected chi connectivity index (χ0v) is 42.1. The molecule has 72 heavy (non-hydrogen) atoms. The summed E-state index contributed by atoms with van der Waals surface area (Å²) in [6, 6.07) is 78.1. The van der Waals surface area contributed by atoms with Gasteiger partial charge in [0.25, 0.3) is 0 Å². The maximum absolute atomic E-state index is 6.01. The van der Waals surface area contributed by atoms with Crippen LogP contribution in [-0.2, 0) is 10.8 Å². The van der Waals surface area contributed by atoms with Crippen LogP contribution in [0.4, 0.5) is 17.1 Å². The third kappa shape index (κ3) is 8.84. The summed E-state index contributed by atoms with van der Waals surface area (Å²) in [6.45, 7) is 13.8. The number of rotatable bonds is 10. The molecule has 0 aliphatic rings. The Morgan fingerprint density at radius 1 is 0.417 bits per heavy atom. The number of nitrogens with zero attached hydrogens (tertiary/aromatic N) is 4. The van der Waals surface area contributed by atoms with Crippen molar-refractivity contribution in [2.75, 3.05) is 12.0 Å². The van der Waals surface area contributed by atoms with E-state index in [1.165, 1.54) is 27.4 Å². The van der Waals surface area contributed by atoms with E-state index in [1.54, 1.807) is 7.11 Å². The van der Waals surface area contributed by atoms with Crippen LogP contribution in [0, 0.1) is 0 Å². The molecule has 0 spiro atoms. The van der Waals surface area contributed by atoms with E-state index in [2.05, 4.69) is 257 Å². The fourth-order valence-electron chi connectivity index (χ4n) is 9.99. The maximum atomic E-state index is 6.01. The molecule has 5 nitrogen and oxygen atoms in total. The van der Waals surface area contributed by atoms with Crippen LogP contribution in [0.3, 0.4) is 0 Å². The van der Waals surface area contributed by atoms with E-state index in [9.17, 15) is 0 Å². The number of benzene rings is 8. The molecule has 352 valence electrons. The van der Waals surface area contributed by atoms with Gasteiger partial charge in [-0.1, -0.05) is 163 Å². The number of ether oxygens (including phenoxy) is 1. The highest BCUT2D eigenvalue weighted by Gasteiger charge is 2.24. The monoisotopic (exact) mass is 934 g/mol. The van der Waals surface area contributed by atoms with Crippen molar-refractivity contribution in [2.45, 2.75) is 52.4 Å². The third-order valence-electron chi connectivity index (χ3n) is 13.8. The molecule has 0 unspecified atom stereocenters. The molecule has 0 saturated heterocycles. The van der Waals surface area contributed by atoms with Crippen LogP contribution in [0.15, 0.2) is 225 Å². The van der Waals surface area contributed by atoms with Gasteiger partial charge in [-0.15, -0.1) is 0 Å². The Kier molecular flexibility index (Phi) is 11.9. The van der Waals surface area contributed by atoms with Crippen molar-refractivity contribution in [3.05, 3.63) is 236 Å². The van der Waals surface area contributed by atoms with Crippen LogP contribution in [-0.4, -0.2) is 21.6 Å². The zero-order chi connectivity index (χ0) is 49.6. The first-order chi connectivity index (χ1) is 34.9. The Bertz CT molecular complexity index is 3680. The SMILES string of the molecule is COc1ccccc1-c1cc(-c2cc(C(C)(C)C)cc(C(C)(C)C)c2)cc(-c2cc(-c3cc(-c4cccc5c6ccccc6n(-c6ccccc6)c45)ccn3)cc(N(c3ccccc3)c3ccccc3)c2)n1. The highest BCUT2D eigenvalue weighted by Crippen LogP contribution is 2.44. The van der Waals surface area contributed by atoms with Gasteiger partial charge >= 0.3 is 0 Å². The van der Waals surface area contributed by atoms with Crippen molar-refractivity contribution < 1.29 is 4.74 Å². The van der Waals surface area contributed by atoms with Gasteiger partial charge in [-0.05, 0) is 136 Å². The van der Waals surface area contributed by atoms with Gasteiger partial charge in [0.1, 0.15) is 5.75 Å². The first-order valence-electron chi connectivity index (χ1n) is 24.8. The molecule has 3 aromatic heterocycles. The quantitative estimate of drug-likeness (QED) is 0.137. The summed E-state index contributed by atoms with van der Waals surface area (Å²) in [5.41, 5.74) is 18.8. The highest BCUT2D eigenvalue weighted by molar-refractivity contribution is 6.14. The predicted molar refractivity (Wildman–Crippen MR) is 302 cm³/mol. The molecular formula is C67H58N4O. The standard InChI is InChI=1S/C67H58N4O/c1-66(2,3)50-37-46(38-51(44-50)67(4,5)6)47-42-61(69-62(43-47)59-29-18-20-33-64(59)72-7)49-36-48(39-55(40-49)70(52-22-11-8-12-23-52)53-24-13-9-14-25-53)60-41-45(34-35-68-60)56-30-21-31-58-57-28-17-19-32-63(57)71(65(56)58)54-26-15-10-16-27-54/h8-44H,1-7H3. The van der Waals surface area contributed by atoms with Gasteiger partial charge in [0, 0.05) is 62.0 Å². The molecule has 3 heterocycles. The van der Waals surface area contributed by atoms with E-state index in [4.69, 9.17) is 14.7 Å². The molecule has 0 fully saturated rings. The summed E-state index contributed by atoms with van der Waals surface area (Å²) >= 11 is 0. The number of anilines is 3. The Morgan fingerprint density at radius 3 is 1.62 bits per heavy atom. The number of hydrogen-bond donors (Lipinski definition) is 0. The molecule has 0 amide bonds. The van der Waals surface area contributed by atoms with Crippen molar-refractivity contribution >= 4 is 38.9 Å². The van der Waals surface area contributed by atoms with Gasteiger partial charge in [-0.25, -0.2) is 4.98 Å². The molecule has 0 N–H and O–H groups in total. The van der Waals surface area contributed by atoms with Crippen molar-refractivity contribution in [3.8, 4) is 67.5 Å². The minimum absolute atomic E-state index is 0.0654. The van der Waals surface area contributed by atoms with Gasteiger partial charge in [-0.3, -0.25) is 4.98 Å². The lowest BCUT2D eigenvalue weighted by atomic mass is 9.79. The van der Waals surface area contributed by atoms with Crippen molar-refractivity contribution in [2.24, 2.45) is 0 Å². The molecule has 0 aliphatic heterocycles. The summed E-state index contributed by atoms with van der Waals surface area (Å²) < 4.78 is 8.41. The molecule has 0 atom stereocenters. The van der Waals surface area contributed by atoms with Crippen LogP contribution in [0.2, 0.25) is 0 Å². The Hall–Kier alpha value is -8.54. The fourth-order valence-corrected chi connectivity index (χ4v) is 9.99. The predicted octanol–water partition coefficient (Wildman–Crippen LogP) is 18.0. The lowest BCUT2D eigenvalue weighted by Gasteiger charge is -2.27. The lowest BCUT2D eigenvalue weighted by molar-refractivity contribution is 0.416. The smallest absolute Gasteiger partial charge is 0.128 e. The second kappa shape index (κ2) is 18.7. The zero-order valence-electron chi connectivity index (χ0n) is 42.1. The highest BCUT2D eigenvalue weighted by atomic mass is 16.5. The van der Waals surface area contributed by atoms with Crippen LogP contribution in [0.25, 0.3) is 83.5 Å². The van der Waals surface area contributed by atoms with E-state index >= 15 is 0 Å². The molecule has 5 heteroatoms.